The maximum Gasteiger partial charge on any atom is 0.325 e. The number of carbonyl (C=O) groups excluding carboxylic acids is 3. The third-order valence-corrected chi connectivity index (χ3v) is 6.36. The molecular weight excluding hydrogens is 368 g/mol. The van der Waals surface area contributed by atoms with Crippen molar-refractivity contribution in [3.05, 3.63) is 36.0 Å². The molecule has 29 heavy (non-hydrogen) atoms. The van der Waals surface area contributed by atoms with Gasteiger partial charge in [-0.25, -0.2) is 4.79 Å². The van der Waals surface area contributed by atoms with Gasteiger partial charge in [-0.1, -0.05) is 38.0 Å². The Bertz CT molecular complexity index is 937. The molecule has 4 atom stereocenters. The Morgan fingerprint density at radius 2 is 2.00 bits per heavy atom. The van der Waals surface area contributed by atoms with Gasteiger partial charge in [-0.3, -0.25) is 14.5 Å². The third kappa shape index (κ3) is 3.73. The topological polar surface area (TPSA) is 94.3 Å². The molecule has 0 spiro atoms. The Morgan fingerprint density at radius 3 is 2.79 bits per heavy atom. The second-order valence-corrected chi connectivity index (χ2v) is 8.33. The summed E-state index contributed by atoms with van der Waals surface area (Å²) in [4.78, 5) is 42.4. The highest BCUT2D eigenvalue weighted by Crippen LogP contribution is 2.25. The summed E-state index contributed by atoms with van der Waals surface area (Å²) in [5.74, 6) is -0.197. The maximum atomic E-state index is 12.9. The summed E-state index contributed by atoms with van der Waals surface area (Å²) in [5.41, 5.74) is 1.96. The van der Waals surface area contributed by atoms with Crippen LogP contribution in [0.25, 0.3) is 10.9 Å². The minimum Gasteiger partial charge on any atom is -0.361 e. The number of aromatic nitrogens is 1. The monoisotopic (exact) mass is 396 g/mol. The first kappa shape index (κ1) is 19.5. The highest BCUT2D eigenvalue weighted by molar-refractivity contribution is 6.07. The van der Waals surface area contributed by atoms with Gasteiger partial charge in [0.25, 0.3) is 5.91 Å². The predicted molar refractivity (Wildman–Crippen MR) is 110 cm³/mol. The summed E-state index contributed by atoms with van der Waals surface area (Å²) in [6.45, 7) is 3.76. The van der Waals surface area contributed by atoms with Gasteiger partial charge in [0.05, 0.1) is 0 Å². The number of aromatic amines is 1. The Kier molecular flexibility index (Phi) is 5.30. The molecule has 1 saturated heterocycles. The quantitative estimate of drug-likeness (QED) is 0.678. The molecule has 2 aliphatic rings. The molecule has 1 aromatic carbocycles. The molecule has 0 bridgehead atoms. The third-order valence-electron chi connectivity index (χ3n) is 6.36. The Morgan fingerprint density at radius 1 is 1.24 bits per heavy atom. The summed E-state index contributed by atoms with van der Waals surface area (Å²) in [6.07, 6.45) is 6.58. The van der Waals surface area contributed by atoms with E-state index < -0.39 is 18.1 Å². The second kappa shape index (κ2) is 7.89. The standard InChI is InChI=1S/C22H28N4O3/c1-13-7-3-5-9-17(13)24-20(27)14(2)26-21(28)19(25-22(26)29)11-15-12-23-18-10-6-4-8-16(15)18/h4,6,8,10,12-14,17,19,23H,3,5,7,9,11H2,1-2H3,(H,24,27)(H,25,29)/t13-,14+,17+,19+/m1/s1. The lowest BCUT2D eigenvalue weighted by Crippen LogP contribution is -2.52. The van der Waals surface area contributed by atoms with Crippen molar-refractivity contribution in [3.63, 3.8) is 0 Å². The Labute approximate surface area is 170 Å². The highest BCUT2D eigenvalue weighted by Gasteiger charge is 2.43. The van der Waals surface area contributed by atoms with Crippen molar-refractivity contribution < 1.29 is 14.4 Å². The van der Waals surface area contributed by atoms with Crippen LogP contribution in [0.15, 0.2) is 30.5 Å². The van der Waals surface area contributed by atoms with Gasteiger partial charge in [-0.15, -0.1) is 0 Å². The Balaban J connectivity index is 1.44. The summed E-state index contributed by atoms with van der Waals surface area (Å²) >= 11 is 0. The van der Waals surface area contributed by atoms with Gasteiger partial charge in [0.2, 0.25) is 5.91 Å². The first-order valence-electron chi connectivity index (χ1n) is 10.4. The van der Waals surface area contributed by atoms with Crippen molar-refractivity contribution in [2.75, 3.05) is 0 Å². The number of amides is 4. The lowest BCUT2D eigenvalue weighted by molar-refractivity contribution is -0.136. The lowest BCUT2D eigenvalue weighted by Gasteiger charge is -2.31. The summed E-state index contributed by atoms with van der Waals surface area (Å²) in [6, 6.07) is 5.97. The van der Waals surface area contributed by atoms with E-state index in [1.807, 2.05) is 30.5 Å². The zero-order valence-corrected chi connectivity index (χ0v) is 16.9. The van der Waals surface area contributed by atoms with Crippen LogP contribution in [0, 0.1) is 5.92 Å². The fourth-order valence-corrected chi connectivity index (χ4v) is 4.53. The van der Waals surface area contributed by atoms with E-state index in [9.17, 15) is 14.4 Å². The predicted octanol–water partition coefficient (Wildman–Crippen LogP) is 2.71. The molecule has 1 aliphatic heterocycles. The van der Waals surface area contributed by atoms with Crippen molar-refractivity contribution in [2.45, 2.75) is 64.1 Å². The number of rotatable bonds is 5. The van der Waals surface area contributed by atoms with Crippen LogP contribution in [-0.4, -0.2) is 45.9 Å². The number of urea groups is 1. The van der Waals surface area contributed by atoms with E-state index in [0.717, 1.165) is 40.6 Å². The molecule has 4 rings (SSSR count). The van der Waals surface area contributed by atoms with E-state index in [0.29, 0.717) is 12.3 Å². The molecule has 1 saturated carbocycles. The number of hydrogen-bond donors (Lipinski definition) is 3. The lowest BCUT2D eigenvalue weighted by atomic mass is 9.86. The zero-order chi connectivity index (χ0) is 20.5. The van der Waals surface area contributed by atoms with Crippen LogP contribution in [-0.2, 0) is 16.0 Å². The van der Waals surface area contributed by atoms with E-state index in [2.05, 4.69) is 22.5 Å². The van der Waals surface area contributed by atoms with Crippen molar-refractivity contribution in [1.29, 1.82) is 0 Å². The SMILES string of the molecule is C[C@@H]1CCCC[C@@H]1NC(=O)[C@H](C)N1C(=O)N[C@@H](Cc2c[nH]c3ccccc23)C1=O. The van der Waals surface area contributed by atoms with Crippen LogP contribution in [0.5, 0.6) is 0 Å². The minimum atomic E-state index is -0.829. The average Bonchev–Trinajstić information content (AvgIpc) is 3.24. The number of nitrogens with zero attached hydrogens (tertiary/aromatic N) is 1. The molecule has 0 radical (unpaired) electrons. The van der Waals surface area contributed by atoms with Crippen LogP contribution >= 0.6 is 0 Å². The Hall–Kier alpha value is -2.83. The van der Waals surface area contributed by atoms with E-state index in [4.69, 9.17) is 0 Å². The normalized spacial score (nSPS) is 25.9. The van der Waals surface area contributed by atoms with Gasteiger partial charge in [0.15, 0.2) is 0 Å². The molecule has 1 aliphatic carbocycles. The number of hydrogen-bond acceptors (Lipinski definition) is 3. The van der Waals surface area contributed by atoms with Gasteiger partial charge < -0.3 is 15.6 Å². The molecule has 7 nitrogen and oxygen atoms in total. The van der Waals surface area contributed by atoms with Gasteiger partial charge in [0, 0.05) is 29.6 Å². The number of carbonyl (C=O) groups is 3. The molecule has 2 aromatic rings. The number of imide groups is 1. The van der Waals surface area contributed by atoms with Gasteiger partial charge >= 0.3 is 6.03 Å². The molecule has 1 aromatic heterocycles. The fraction of sp³-hybridized carbons (Fsp3) is 0.500. The number of benzene rings is 1. The van der Waals surface area contributed by atoms with Gasteiger partial charge in [0.1, 0.15) is 12.1 Å². The van der Waals surface area contributed by atoms with Gasteiger partial charge in [-0.05, 0) is 37.3 Å². The summed E-state index contributed by atoms with van der Waals surface area (Å²) in [5, 5.41) is 6.83. The van der Waals surface area contributed by atoms with E-state index in [-0.39, 0.29) is 17.9 Å². The number of para-hydroxylation sites is 1. The molecule has 4 amide bonds. The second-order valence-electron chi connectivity index (χ2n) is 8.33. The van der Waals surface area contributed by atoms with Crippen LogP contribution in [0.3, 0.4) is 0 Å². The first-order valence-corrected chi connectivity index (χ1v) is 10.4. The summed E-state index contributed by atoms with van der Waals surface area (Å²) < 4.78 is 0. The largest absolute Gasteiger partial charge is 0.361 e. The number of H-pyrrole nitrogens is 1. The van der Waals surface area contributed by atoms with Crippen LogP contribution < -0.4 is 10.6 Å². The van der Waals surface area contributed by atoms with Crippen LogP contribution in [0.1, 0.15) is 45.1 Å². The molecule has 7 heteroatoms. The molecule has 3 N–H and O–H groups in total. The van der Waals surface area contributed by atoms with Crippen LogP contribution in [0.2, 0.25) is 0 Å². The first-order chi connectivity index (χ1) is 14.0. The molecule has 2 fully saturated rings. The van der Waals surface area contributed by atoms with Gasteiger partial charge in [-0.2, -0.15) is 0 Å². The van der Waals surface area contributed by atoms with Crippen LogP contribution in [0.4, 0.5) is 4.79 Å². The van der Waals surface area contributed by atoms with Crippen molar-refractivity contribution >= 4 is 28.7 Å². The smallest absolute Gasteiger partial charge is 0.325 e. The summed E-state index contributed by atoms with van der Waals surface area (Å²) in [7, 11) is 0. The fourth-order valence-electron chi connectivity index (χ4n) is 4.53. The molecule has 0 unspecified atom stereocenters. The molecule has 2 heterocycles. The average molecular weight is 396 g/mol. The minimum absolute atomic E-state index is 0.112. The van der Waals surface area contributed by atoms with E-state index in [1.54, 1.807) is 6.92 Å². The maximum absolute atomic E-state index is 12.9. The van der Waals surface area contributed by atoms with Crippen molar-refractivity contribution in [2.24, 2.45) is 5.92 Å². The van der Waals surface area contributed by atoms with E-state index in [1.165, 1.54) is 6.42 Å². The van der Waals surface area contributed by atoms with Crippen molar-refractivity contribution in [1.82, 2.24) is 20.5 Å². The highest BCUT2D eigenvalue weighted by atomic mass is 16.2. The molecular formula is C22H28N4O3. The van der Waals surface area contributed by atoms with Crippen molar-refractivity contribution in [3.8, 4) is 0 Å². The van der Waals surface area contributed by atoms with E-state index >= 15 is 0 Å². The number of fused-ring (bicyclic) bond motifs is 1. The zero-order valence-electron chi connectivity index (χ0n) is 16.9. The molecule has 154 valence electrons. The number of nitrogens with one attached hydrogen (secondary N) is 3.